The van der Waals surface area contributed by atoms with Crippen LogP contribution in [0.2, 0.25) is 0 Å². The number of aryl methyl sites for hydroxylation is 2. The Bertz CT molecular complexity index is 948. The van der Waals surface area contributed by atoms with Crippen LogP contribution in [0.4, 0.5) is 0 Å². The molecule has 5 heteroatoms. The lowest BCUT2D eigenvalue weighted by molar-refractivity contribution is 0.0606. The Kier molecular flexibility index (Phi) is 4.75. The summed E-state index contributed by atoms with van der Waals surface area (Å²) < 4.78 is 1.89. The molecule has 0 N–H and O–H groups in total. The Labute approximate surface area is 159 Å². The summed E-state index contributed by atoms with van der Waals surface area (Å²) in [4.78, 5) is 19.8. The average Bonchev–Trinajstić information content (AvgIpc) is 3.06. The van der Waals surface area contributed by atoms with Crippen molar-refractivity contribution in [3.63, 3.8) is 0 Å². The Morgan fingerprint density at radius 3 is 2.70 bits per heavy atom. The van der Waals surface area contributed by atoms with Gasteiger partial charge in [-0.3, -0.25) is 9.78 Å². The molecule has 1 amide bonds. The average molecular weight is 360 g/mol. The predicted octanol–water partition coefficient (Wildman–Crippen LogP) is 4.25. The van der Waals surface area contributed by atoms with Crippen LogP contribution >= 0.6 is 0 Å². The van der Waals surface area contributed by atoms with Gasteiger partial charge in [-0.25, -0.2) is 4.68 Å². The highest BCUT2D eigenvalue weighted by Crippen LogP contribution is 2.31. The number of carbonyl (C=O) groups excluding carboxylic acids is 1. The topological polar surface area (TPSA) is 51.0 Å². The molecule has 1 aromatic carbocycles. The number of hydrogen-bond donors (Lipinski definition) is 0. The molecule has 1 aliphatic rings. The van der Waals surface area contributed by atoms with E-state index in [1.807, 2.05) is 72.0 Å². The molecule has 1 atom stereocenters. The molecule has 1 fully saturated rings. The van der Waals surface area contributed by atoms with Gasteiger partial charge in [-0.15, -0.1) is 0 Å². The molecule has 0 spiro atoms. The van der Waals surface area contributed by atoms with Gasteiger partial charge in [-0.05, 0) is 69.5 Å². The van der Waals surface area contributed by atoms with E-state index in [1.54, 1.807) is 6.20 Å². The van der Waals surface area contributed by atoms with Crippen molar-refractivity contribution in [2.24, 2.45) is 0 Å². The molecule has 0 aliphatic carbocycles. The lowest BCUT2D eigenvalue weighted by Gasteiger charge is -2.35. The Balaban J connectivity index is 1.65. The van der Waals surface area contributed by atoms with E-state index in [0.29, 0.717) is 5.56 Å². The van der Waals surface area contributed by atoms with Gasteiger partial charge in [0.25, 0.3) is 5.91 Å². The van der Waals surface area contributed by atoms with E-state index >= 15 is 0 Å². The second kappa shape index (κ2) is 7.35. The van der Waals surface area contributed by atoms with Gasteiger partial charge in [0, 0.05) is 24.0 Å². The maximum Gasteiger partial charge on any atom is 0.254 e. The van der Waals surface area contributed by atoms with Crippen LogP contribution in [0.5, 0.6) is 0 Å². The van der Waals surface area contributed by atoms with Gasteiger partial charge in [-0.2, -0.15) is 5.10 Å². The molecule has 3 heterocycles. The summed E-state index contributed by atoms with van der Waals surface area (Å²) in [6, 6.07) is 15.7. The molecule has 27 heavy (non-hydrogen) atoms. The minimum absolute atomic E-state index is 0.0461. The van der Waals surface area contributed by atoms with E-state index in [0.717, 1.165) is 48.6 Å². The molecule has 138 valence electrons. The zero-order chi connectivity index (χ0) is 18.8. The zero-order valence-electron chi connectivity index (χ0n) is 15.8. The highest BCUT2D eigenvalue weighted by atomic mass is 16.2. The SMILES string of the molecule is Cc1cc(C)n(-c2cccc(C(=O)N3CCCC[C@@H]3c3ccccn3)c2)n1. The summed E-state index contributed by atoms with van der Waals surface area (Å²) >= 11 is 0. The van der Waals surface area contributed by atoms with Gasteiger partial charge in [0.15, 0.2) is 0 Å². The number of pyridine rings is 1. The maximum atomic E-state index is 13.3. The van der Waals surface area contributed by atoms with Crippen molar-refractivity contribution >= 4 is 5.91 Å². The number of nitrogens with zero attached hydrogens (tertiary/aromatic N) is 4. The van der Waals surface area contributed by atoms with Crippen molar-refractivity contribution in [2.75, 3.05) is 6.54 Å². The number of carbonyl (C=O) groups is 1. The molecule has 5 nitrogen and oxygen atoms in total. The number of likely N-dealkylation sites (tertiary alicyclic amines) is 1. The van der Waals surface area contributed by atoms with Gasteiger partial charge in [0.1, 0.15) is 0 Å². The molecule has 2 aromatic heterocycles. The summed E-state index contributed by atoms with van der Waals surface area (Å²) in [5.41, 5.74) is 4.61. The molecule has 0 radical (unpaired) electrons. The monoisotopic (exact) mass is 360 g/mol. The lowest BCUT2D eigenvalue weighted by Crippen LogP contribution is -2.38. The van der Waals surface area contributed by atoms with Crippen LogP contribution in [0.3, 0.4) is 0 Å². The van der Waals surface area contributed by atoms with Crippen molar-refractivity contribution in [2.45, 2.75) is 39.2 Å². The third kappa shape index (κ3) is 3.50. The lowest BCUT2D eigenvalue weighted by atomic mass is 9.97. The summed E-state index contributed by atoms with van der Waals surface area (Å²) in [5.74, 6) is 0.0636. The molecule has 0 unspecified atom stereocenters. The first-order valence-corrected chi connectivity index (χ1v) is 9.49. The summed E-state index contributed by atoms with van der Waals surface area (Å²) in [6.45, 7) is 4.77. The number of hydrogen-bond acceptors (Lipinski definition) is 3. The van der Waals surface area contributed by atoms with Gasteiger partial charge in [0.2, 0.25) is 0 Å². The van der Waals surface area contributed by atoms with Crippen molar-refractivity contribution in [1.29, 1.82) is 0 Å². The van der Waals surface area contributed by atoms with E-state index in [2.05, 4.69) is 10.1 Å². The molecule has 1 saturated heterocycles. The summed E-state index contributed by atoms with van der Waals surface area (Å²) in [5, 5.41) is 4.54. The normalized spacial score (nSPS) is 17.1. The molecule has 0 saturated carbocycles. The molecule has 3 aromatic rings. The molecular formula is C22H24N4O. The second-order valence-electron chi connectivity index (χ2n) is 7.15. The molecule has 0 bridgehead atoms. The second-order valence-corrected chi connectivity index (χ2v) is 7.15. The van der Waals surface area contributed by atoms with Gasteiger partial charge in [-0.1, -0.05) is 12.1 Å². The fourth-order valence-electron chi connectivity index (χ4n) is 3.88. The Morgan fingerprint density at radius 1 is 1.07 bits per heavy atom. The van der Waals surface area contributed by atoms with E-state index in [1.165, 1.54) is 0 Å². The van der Waals surface area contributed by atoms with E-state index in [4.69, 9.17) is 0 Å². The van der Waals surface area contributed by atoms with Crippen LogP contribution in [0.25, 0.3) is 5.69 Å². The van der Waals surface area contributed by atoms with Crippen LogP contribution < -0.4 is 0 Å². The first-order valence-electron chi connectivity index (χ1n) is 9.49. The van der Waals surface area contributed by atoms with Crippen molar-refractivity contribution < 1.29 is 4.79 Å². The first-order chi connectivity index (χ1) is 13.1. The zero-order valence-corrected chi connectivity index (χ0v) is 15.8. The third-order valence-corrected chi connectivity index (χ3v) is 5.14. The number of rotatable bonds is 3. The summed E-state index contributed by atoms with van der Waals surface area (Å²) in [6.07, 6.45) is 4.92. The van der Waals surface area contributed by atoms with Crippen molar-refractivity contribution in [1.82, 2.24) is 19.7 Å². The first kappa shape index (κ1) is 17.5. The largest absolute Gasteiger partial charge is 0.330 e. The van der Waals surface area contributed by atoms with E-state index in [9.17, 15) is 4.79 Å². The standard InChI is InChI=1S/C22H24N4O/c1-16-14-17(2)26(24-16)19-9-7-8-18(15-19)22(27)25-13-6-4-11-21(25)20-10-3-5-12-23-20/h3,5,7-10,12,14-15,21H,4,6,11,13H2,1-2H3/t21-/m1/s1. The quantitative estimate of drug-likeness (QED) is 0.701. The minimum atomic E-state index is 0.0461. The highest BCUT2D eigenvalue weighted by molar-refractivity contribution is 5.95. The van der Waals surface area contributed by atoms with Crippen LogP contribution in [0.15, 0.2) is 54.7 Å². The summed E-state index contributed by atoms with van der Waals surface area (Å²) in [7, 11) is 0. The van der Waals surface area contributed by atoms with Crippen LogP contribution in [0, 0.1) is 13.8 Å². The van der Waals surface area contributed by atoms with Crippen molar-refractivity contribution in [3.8, 4) is 5.69 Å². The fraction of sp³-hybridized carbons (Fsp3) is 0.318. The molecule has 4 rings (SSSR count). The van der Waals surface area contributed by atoms with Crippen LogP contribution in [0.1, 0.15) is 52.7 Å². The highest BCUT2D eigenvalue weighted by Gasteiger charge is 2.29. The third-order valence-electron chi connectivity index (χ3n) is 5.14. The number of amides is 1. The van der Waals surface area contributed by atoms with Gasteiger partial charge in [0.05, 0.1) is 23.1 Å². The van der Waals surface area contributed by atoms with E-state index in [-0.39, 0.29) is 11.9 Å². The molecule has 1 aliphatic heterocycles. The fourth-order valence-corrected chi connectivity index (χ4v) is 3.88. The number of benzene rings is 1. The minimum Gasteiger partial charge on any atom is -0.330 e. The predicted molar refractivity (Wildman–Crippen MR) is 105 cm³/mol. The van der Waals surface area contributed by atoms with Crippen LogP contribution in [-0.2, 0) is 0 Å². The number of aromatic nitrogens is 3. The van der Waals surface area contributed by atoms with Gasteiger partial charge < -0.3 is 4.90 Å². The number of piperidine rings is 1. The Hall–Kier alpha value is -2.95. The Morgan fingerprint density at radius 2 is 1.96 bits per heavy atom. The van der Waals surface area contributed by atoms with Crippen molar-refractivity contribution in [3.05, 3.63) is 77.4 Å². The maximum absolute atomic E-state index is 13.3. The molecular weight excluding hydrogens is 336 g/mol. The van der Waals surface area contributed by atoms with E-state index < -0.39 is 0 Å². The van der Waals surface area contributed by atoms with Crippen LogP contribution in [-0.4, -0.2) is 32.1 Å². The van der Waals surface area contributed by atoms with Gasteiger partial charge >= 0.3 is 0 Å². The smallest absolute Gasteiger partial charge is 0.254 e.